The Morgan fingerprint density at radius 3 is 2.02 bits per heavy atom. The molecule has 2 amide bonds. The summed E-state index contributed by atoms with van der Waals surface area (Å²) >= 11 is 0. The first-order valence-electron chi connectivity index (χ1n) is 15.8. The Morgan fingerprint density at radius 2 is 1.52 bits per heavy atom. The lowest BCUT2D eigenvalue weighted by Crippen LogP contribution is -2.44. The molecule has 0 bridgehead atoms. The van der Waals surface area contributed by atoms with E-state index in [0.29, 0.717) is 21.4 Å². The van der Waals surface area contributed by atoms with E-state index in [9.17, 15) is 19.6 Å². The Bertz CT molecular complexity index is 1530. The molecule has 46 heavy (non-hydrogen) atoms. The number of fused-ring (bicyclic) bond motifs is 1. The molecule has 0 aliphatic heterocycles. The average Bonchev–Trinajstić information content (AvgIpc) is 3.55. The van der Waals surface area contributed by atoms with E-state index in [1.54, 1.807) is 47.7 Å². The van der Waals surface area contributed by atoms with Crippen molar-refractivity contribution < 1.29 is 38.0 Å². The van der Waals surface area contributed by atoms with Crippen molar-refractivity contribution in [1.82, 2.24) is 14.8 Å². The highest BCUT2D eigenvalue weighted by molar-refractivity contribution is 6.74. The highest BCUT2D eigenvalue weighted by atomic mass is 28.4. The van der Waals surface area contributed by atoms with Crippen LogP contribution in [0.5, 0.6) is 0 Å². The summed E-state index contributed by atoms with van der Waals surface area (Å²) in [6.45, 7) is 21.4. The molecule has 0 radical (unpaired) electrons. The first-order chi connectivity index (χ1) is 21.1. The molecule has 0 unspecified atom stereocenters. The third kappa shape index (κ3) is 8.20. The van der Waals surface area contributed by atoms with Crippen molar-refractivity contribution >= 4 is 50.1 Å². The molecular formula is C32H49BN4O8Si. The predicted octanol–water partition coefficient (Wildman–Crippen LogP) is 6.55. The van der Waals surface area contributed by atoms with Crippen LogP contribution >= 0.6 is 0 Å². The number of furan rings is 1. The van der Waals surface area contributed by atoms with Crippen LogP contribution in [0.3, 0.4) is 0 Å². The molecule has 0 atom stereocenters. The number of hydrogen-bond donors (Lipinski definition) is 2. The first kappa shape index (κ1) is 35.7. The summed E-state index contributed by atoms with van der Waals surface area (Å²) in [5, 5.41) is 25.2. The van der Waals surface area contributed by atoms with Crippen molar-refractivity contribution in [3.8, 4) is 11.1 Å². The minimum atomic E-state index is -1.95. The summed E-state index contributed by atoms with van der Waals surface area (Å²) in [6, 6.07) is 1.65. The molecule has 1 fully saturated rings. The zero-order valence-corrected chi connectivity index (χ0v) is 30.0. The third-order valence-electron chi connectivity index (χ3n) is 8.38. The van der Waals surface area contributed by atoms with Crippen LogP contribution in [0.15, 0.2) is 29.1 Å². The number of rotatable bonds is 6. The number of nitrogens with zero attached hydrogens (tertiary/aromatic N) is 4. The predicted molar refractivity (Wildman–Crippen MR) is 180 cm³/mol. The summed E-state index contributed by atoms with van der Waals surface area (Å²) in [5.41, 5.74) is -0.791. The zero-order chi connectivity index (χ0) is 34.4. The van der Waals surface area contributed by atoms with Gasteiger partial charge in [-0.25, -0.2) is 14.6 Å². The molecular weight excluding hydrogens is 607 g/mol. The van der Waals surface area contributed by atoms with Gasteiger partial charge in [0.05, 0.1) is 12.2 Å². The molecule has 1 saturated carbocycles. The molecule has 2 N–H and O–H groups in total. The molecule has 252 valence electrons. The fourth-order valence-electron chi connectivity index (χ4n) is 5.11. The number of hydrogen-bond acceptors (Lipinski definition) is 10. The monoisotopic (exact) mass is 656 g/mol. The lowest BCUT2D eigenvalue weighted by atomic mass is 9.87. The maximum Gasteiger partial charge on any atom is 0.526 e. The molecule has 1 aliphatic carbocycles. The van der Waals surface area contributed by atoms with Gasteiger partial charge in [0.2, 0.25) is 0 Å². The zero-order valence-electron chi connectivity index (χ0n) is 29.0. The summed E-state index contributed by atoms with van der Waals surface area (Å²) in [5.74, 6) is -0.207. The van der Waals surface area contributed by atoms with Gasteiger partial charge in [-0.05, 0) is 91.4 Å². The molecule has 3 aromatic heterocycles. The van der Waals surface area contributed by atoms with Gasteiger partial charge in [-0.2, -0.15) is 10.00 Å². The summed E-state index contributed by atoms with van der Waals surface area (Å²) < 4.78 is 25.5. The quantitative estimate of drug-likeness (QED) is 0.280. The molecule has 1 aliphatic rings. The number of anilines is 1. The van der Waals surface area contributed by atoms with Gasteiger partial charge >= 0.3 is 19.3 Å². The van der Waals surface area contributed by atoms with Gasteiger partial charge in [-0.15, -0.1) is 0 Å². The maximum atomic E-state index is 13.4. The lowest BCUT2D eigenvalue weighted by Gasteiger charge is -2.41. The van der Waals surface area contributed by atoms with Crippen LogP contribution in [0.2, 0.25) is 18.1 Å². The molecule has 3 aromatic rings. The van der Waals surface area contributed by atoms with E-state index >= 15 is 0 Å². The second-order valence-electron chi connectivity index (χ2n) is 15.6. The highest BCUT2D eigenvalue weighted by Gasteiger charge is 2.40. The van der Waals surface area contributed by atoms with Crippen molar-refractivity contribution in [2.45, 2.75) is 129 Å². The number of ether oxygens (including phenoxy) is 2. The van der Waals surface area contributed by atoms with Crippen LogP contribution in [-0.4, -0.2) is 69.7 Å². The number of aromatic nitrogens is 3. The van der Waals surface area contributed by atoms with Crippen LogP contribution < -0.4 is 10.6 Å². The first-order valence-corrected chi connectivity index (χ1v) is 18.7. The van der Waals surface area contributed by atoms with E-state index in [1.807, 2.05) is 10.9 Å². The smallest absolute Gasteiger partial charge is 0.461 e. The normalized spacial score (nSPS) is 18.0. The minimum absolute atomic E-state index is 0.0200. The molecule has 3 heterocycles. The number of imide groups is 1. The largest absolute Gasteiger partial charge is 0.526 e. The summed E-state index contributed by atoms with van der Waals surface area (Å²) in [4.78, 5) is 31.8. The van der Waals surface area contributed by atoms with Crippen LogP contribution in [0.4, 0.5) is 15.4 Å². The SMILES string of the molecule is CC(C)(C)OC(=O)N(C(=O)OC(C)(C)C)c1ncc(-c2cnn(C3CCC(O[Si](C)(C)C(C)(C)C)CC3)c2)c2cc(B(O)O)oc12. The van der Waals surface area contributed by atoms with Gasteiger partial charge < -0.3 is 28.4 Å². The van der Waals surface area contributed by atoms with Crippen LogP contribution in [-0.2, 0) is 13.9 Å². The van der Waals surface area contributed by atoms with Gasteiger partial charge in [-0.1, -0.05) is 20.8 Å². The van der Waals surface area contributed by atoms with E-state index in [-0.39, 0.29) is 34.2 Å². The van der Waals surface area contributed by atoms with E-state index < -0.39 is 38.8 Å². The highest BCUT2D eigenvalue weighted by Crippen LogP contribution is 2.41. The van der Waals surface area contributed by atoms with Crippen molar-refractivity contribution in [1.29, 1.82) is 0 Å². The van der Waals surface area contributed by atoms with Gasteiger partial charge in [-0.3, -0.25) is 4.68 Å². The van der Waals surface area contributed by atoms with Crippen LogP contribution in [0.1, 0.15) is 94.0 Å². The number of carbonyl (C=O) groups excluding carboxylic acids is 2. The number of amides is 2. The molecule has 12 nitrogen and oxygen atoms in total. The van der Waals surface area contributed by atoms with Crippen molar-refractivity contribution in [3.63, 3.8) is 0 Å². The molecule has 14 heteroatoms. The number of pyridine rings is 1. The van der Waals surface area contributed by atoms with E-state index in [1.165, 1.54) is 12.3 Å². The maximum absolute atomic E-state index is 13.4. The Hall–Kier alpha value is -3.20. The Labute approximate surface area is 272 Å². The van der Waals surface area contributed by atoms with Crippen molar-refractivity contribution in [2.75, 3.05) is 4.90 Å². The summed E-state index contributed by atoms with van der Waals surface area (Å²) in [7, 11) is -3.80. The lowest BCUT2D eigenvalue weighted by molar-refractivity contribution is 0.0429. The Kier molecular flexibility index (Phi) is 9.90. The van der Waals surface area contributed by atoms with Crippen molar-refractivity contribution in [2.24, 2.45) is 0 Å². The molecule has 0 aromatic carbocycles. The van der Waals surface area contributed by atoms with E-state index in [2.05, 4.69) is 43.9 Å². The standard InChI is InChI=1S/C32H49BN4O8Si/c1-30(2,3)43-28(38)37(29(39)44-31(4,5)6)27-26-23(16-25(42-26)33(40)41)24(18-34-27)20-17-35-36(19-20)21-12-14-22(15-13-21)45-46(10,11)32(7,8)9/h16-19,21-22,40-41H,12-15H2,1-11H3. The molecule has 4 rings (SSSR count). The third-order valence-corrected chi connectivity index (χ3v) is 12.9. The van der Waals surface area contributed by atoms with E-state index in [0.717, 1.165) is 25.7 Å². The fourth-order valence-corrected chi connectivity index (χ4v) is 6.53. The summed E-state index contributed by atoms with van der Waals surface area (Å²) in [6.07, 6.45) is 7.12. The average molecular weight is 657 g/mol. The number of carbonyl (C=O) groups is 2. The van der Waals surface area contributed by atoms with Crippen molar-refractivity contribution in [3.05, 3.63) is 24.7 Å². The fraction of sp³-hybridized carbons (Fsp3) is 0.625. The van der Waals surface area contributed by atoms with Gasteiger partial charge in [0.25, 0.3) is 0 Å². The van der Waals surface area contributed by atoms with E-state index in [4.69, 9.17) is 18.3 Å². The Morgan fingerprint density at radius 1 is 0.957 bits per heavy atom. The van der Waals surface area contributed by atoms with Crippen LogP contribution in [0.25, 0.3) is 22.1 Å². The van der Waals surface area contributed by atoms with Gasteiger partial charge in [0.1, 0.15) is 16.9 Å². The second kappa shape index (κ2) is 12.8. The van der Waals surface area contributed by atoms with Gasteiger partial charge in [0.15, 0.2) is 19.7 Å². The van der Waals surface area contributed by atoms with Gasteiger partial charge in [0, 0.05) is 35.0 Å². The Balaban J connectivity index is 1.67. The van der Waals surface area contributed by atoms with Crippen LogP contribution in [0, 0.1) is 0 Å². The topological polar surface area (TPSA) is 149 Å². The second-order valence-corrected chi connectivity index (χ2v) is 20.3. The molecule has 0 spiro atoms. The minimum Gasteiger partial charge on any atom is -0.461 e. The molecule has 0 saturated heterocycles.